The molecule has 9 heteroatoms. The number of guanidine groups is 2. The average molecular weight is 384 g/mol. The smallest absolute Gasteiger partial charge is 0.206 e. The van der Waals surface area contributed by atoms with Gasteiger partial charge in [-0.3, -0.25) is 9.98 Å². The molecular weight excluding hydrogens is 364 g/mol. The van der Waals surface area contributed by atoms with E-state index in [-0.39, 0.29) is 9.79 Å². The van der Waals surface area contributed by atoms with Gasteiger partial charge in [-0.1, -0.05) is 0 Å². The van der Waals surface area contributed by atoms with Crippen LogP contribution in [0.2, 0.25) is 0 Å². The number of sulfone groups is 1. The second kappa shape index (κ2) is 7.28. The zero-order valence-electron chi connectivity index (χ0n) is 14.6. The van der Waals surface area contributed by atoms with E-state index in [4.69, 9.17) is 0 Å². The van der Waals surface area contributed by atoms with Crippen molar-refractivity contribution in [1.82, 2.24) is 10.6 Å². The van der Waals surface area contributed by atoms with Crippen LogP contribution in [0.4, 0.5) is 11.4 Å². The highest BCUT2D eigenvalue weighted by atomic mass is 32.2. The Morgan fingerprint density at radius 3 is 1.44 bits per heavy atom. The molecule has 0 unspecified atom stereocenters. The summed E-state index contributed by atoms with van der Waals surface area (Å²) >= 11 is 0. The van der Waals surface area contributed by atoms with Gasteiger partial charge >= 0.3 is 0 Å². The van der Waals surface area contributed by atoms with Crippen LogP contribution < -0.4 is 21.3 Å². The maximum absolute atomic E-state index is 12.8. The van der Waals surface area contributed by atoms with Crippen molar-refractivity contribution in [3.05, 3.63) is 48.5 Å². The number of rotatable bonds is 4. The Balaban J connectivity index is 1.48. The Morgan fingerprint density at radius 1 is 0.704 bits per heavy atom. The zero-order valence-corrected chi connectivity index (χ0v) is 15.4. The first-order valence-corrected chi connectivity index (χ1v) is 10.2. The van der Waals surface area contributed by atoms with Gasteiger partial charge in [0.2, 0.25) is 9.84 Å². The predicted molar refractivity (Wildman–Crippen MR) is 106 cm³/mol. The van der Waals surface area contributed by atoms with Crippen molar-refractivity contribution in [2.24, 2.45) is 9.98 Å². The lowest BCUT2D eigenvalue weighted by molar-refractivity contribution is 0.596. The lowest BCUT2D eigenvalue weighted by Gasteiger charge is -2.10. The van der Waals surface area contributed by atoms with Crippen LogP contribution in [0.5, 0.6) is 0 Å². The first kappa shape index (κ1) is 17.3. The Bertz CT molecular complexity index is 906. The number of hydrogen-bond donors (Lipinski definition) is 4. The molecule has 0 saturated carbocycles. The monoisotopic (exact) mass is 384 g/mol. The van der Waals surface area contributed by atoms with Crippen molar-refractivity contribution in [3.8, 4) is 0 Å². The zero-order chi connectivity index (χ0) is 18.7. The van der Waals surface area contributed by atoms with Crippen molar-refractivity contribution in [2.75, 3.05) is 36.8 Å². The molecule has 2 aliphatic rings. The second-order valence-electron chi connectivity index (χ2n) is 6.12. The SMILES string of the molecule is O=S(=O)(c1ccc(NC2=NCCN2)cc1)c1ccc(NC2=NCCN2)cc1. The molecule has 140 valence electrons. The van der Waals surface area contributed by atoms with Gasteiger partial charge in [-0.05, 0) is 48.5 Å². The summed E-state index contributed by atoms with van der Waals surface area (Å²) in [5.41, 5.74) is 1.57. The maximum atomic E-state index is 12.8. The van der Waals surface area contributed by atoms with Gasteiger partial charge in [0.15, 0.2) is 11.9 Å². The molecule has 0 saturated heterocycles. The minimum absolute atomic E-state index is 0.247. The highest BCUT2D eigenvalue weighted by Gasteiger charge is 2.18. The van der Waals surface area contributed by atoms with Crippen molar-refractivity contribution < 1.29 is 8.42 Å². The van der Waals surface area contributed by atoms with E-state index in [9.17, 15) is 8.42 Å². The number of anilines is 2. The average Bonchev–Trinajstić information content (AvgIpc) is 3.37. The Hall–Kier alpha value is -3.07. The third-order valence-corrected chi connectivity index (χ3v) is 5.99. The highest BCUT2D eigenvalue weighted by molar-refractivity contribution is 7.91. The molecule has 0 amide bonds. The summed E-state index contributed by atoms with van der Waals surface area (Å²) in [5, 5.41) is 12.5. The fourth-order valence-corrected chi connectivity index (χ4v) is 4.07. The molecule has 0 radical (unpaired) electrons. The topological polar surface area (TPSA) is 107 Å². The second-order valence-corrected chi connectivity index (χ2v) is 8.07. The Kier molecular flexibility index (Phi) is 4.68. The lowest BCUT2D eigenvalue weighted by atomic mass is 10.3. The molecule has 4 rings (SSSR count). The van der Waals surface area contributed by atoms with Crippen LogP contribution in [-0.4, -0.2) is 46.5 Å². The summed E-state index contributed by atoms with van der Waals surface area (Å²) in [6.45, 7) is 3.10. The van der Waals surface area contributed by atoms with E-state index >= 15 is 0 Å². The van der Waals surface area contributed by atoms with Crippen molar-refractivity contribution in [1.29, 1.82) is 0 Å². The normalized spacial score (nSPS) is 16.1. The van der Waals surface area contributed by atoms with Gasteiger partial charge in [0.1, 0.15) is 0 Å². The van der Waals surface area contributed by atoms with E-state index in [1.807, 2.05) is 0 Å². The molecular formula is C18H20N6O2S. The largest absolute Gasteiger partial charge is 0.354 e. The van der Waals surface area contributed by atoms with E-state index in [2.05, 4.69) is 31.3 Å². The molecule has 0 atom stereocenters. The van der Waals surface area contributed by atoms with Gasteiger partial charge in [0.05, 0.1) is 22.9 Å². The fourth-order valence-electron chi connectivity index (χ4n) is 2.81. The standard InChI is InChI=1S/C18H20N6O2S/c25-27(26,15-5-1-13(2-6-15)23-17-19-9-10-20-17)16-7-3-14(4-8-16)24-18-21-11-12-22-18/h1-8H,9-12H2,(H2,19,20,23)(H2,21,22,24). The molecule has 27 heavy (non-hydrogen) atoms. The van der Waals surface area contributed by atoms with Crippen molar-refractivity contribution in [2.45, 2.75) is 9.79 Å². The molecule has 4 N–H and O–H groups in total. The summed E-state index contributed by atoms with van der Waals surface area (Å²) in [6.07, 6.45) is 0. The molecule has 2 aliphatic heterocycles. The van der Waals surface area contributed by atoms with Crippen molar-refractivity contribution in [3.63, 3.8) is 0 Å². The van der Waals surface area contributed by atoms with Crippen LogP contribution in [0.1, 0.15) is 0 Å². The number of hydrogen-bond acceptors (Lipinski definition) is 8. The van der Waals surface area contributed by atoms with E-state index in [0.717, 1.165) is 37.6 Å². The van der Waals surface area contributed by atoms with Crippen LogP contribution in [0, 0.1) is 0 Å². The first-order valence-electron chi connectivity index (χ1n) is 8.67. The van der Waals surface area contributed by atoms with Gasteiger partial charge in [0.25, 0.3) is 0 Å². The molecule has 2 heterocycles. The Labute approximate surface area is 157 Å². The molecule has 0 aliphatic carbocycles. The minimum Gasteiger partial charge on any atom is -0.354 e. The number of nitrogens with one attached hydrogen (secondary N) is 4. The number of aliphatic imine (C=N–C) groups is 2. The van der Waals surface area contributed by atoms with Gasteiger partial charge in [-0.25, -0.2) is 8.42 Å². The maximum Gasteiger partial charge on any atom is 0.206 e. The molecule has 2 aromatic carbocycles. The number of nitrogens with zero attached hydrogens (tertiary/aromatic N) is 2. The third kappa shape index (κ3) is 3.87. The summed E-state index contributed by atoms with van der Waals surface area (Å²) in [4.78, 5) is 9.00. The van der Waals surface area contributed by atoms with Crippen LogP contribution in [-0.2, 0) is 9.84 Å². The van der Waals surface area contributed by atoms with E-state index in [1.54, 1.807) is 48.5 Å². The summed E-state index contributed by atoms with van der Waals surface area (Å²) in [7, 11) is -3.57. The molecule has 0 fully saturated rings. The fraction of sp³-hybridized carbons (Fsp3) is 0.222. The van der Waals surface area contributed by atoms with Crippen LogP contribution >= 0.6 is 0 Å². The quantitative estimate of drug-likeness (QED) is 0.632. The van der Waals surface area contributed by atoms with Gasteiger partial charge in [-0.15, -0.1) is 0 Å². The van der Waals surface area contributed by atoms with Gasteiger partial charge < -0.3 is 21.3 Å². The van der Waals surface area contributed by atoms with E-state index in [1.165, 1.54) is 0 Å². The number of benzene rings is 2. The van der Waals surface area contributed by atoms with Gasteiger partial charge in [-0.2, -0.15) is 0 Å². The summed E-state index contributed by atoms with van der Waals surface area (Å²) < 4.78 is 25.7. The molecule has 0 spiro atoms. The lowest BCUT2D eigenvalue weighted by Crippen LogP contribution is -2.26. The Morgan fingerprint density at radius 2 is 1.11 bits per heavy atom. The molecule has 2 aromatic rings. The minimum atomic E-state index is -3.57. The molecule has 0 aromatic heterocycles. The first-order chi connectivity index (χ1) is 13.1. The van der Waals surface area contributed by atoms with Crippen LogP contribution in [0.15, 0.2) is 68.3 Å². The van der Waals surface area contributed by atoms with Crippen molar-refractivity contribution >= 4 is 33.1 Å². The summed E-state index contributed by atoms with van der Waals surface area (Å²) in [5.74, 6) is 1.41. The highest BCUT2D eigenvalue weighted by Crippen LogP contribution is 2.24. The molecule has 8 nitrogen and oxygen atoms in total. The van der Waals surface area contributed by atoms with Crippen LogP contribution in [0.3, 0.4) is 0 Å². The third-order valence-electron chi connectivity index (χ3n) is 4.20. The molecule has 0 bridgehead atoms. The van der Waals surface area contributed by atoms with E-state index in [0.29, 0.717) is 11.9 Å². The van der Waals surface area contributed by atoms with Gasteiger partial charge in [0, 0.05) is 24.5 Å². The summed E-state index contributed by atoms with van der Waals surface area (Å²) in [6, 6.07) is 13.3. The van der Waals surface area contributed by atoms with E-state index < -0.39 is 9.84 Å². The van der Waals surface area contributed by atoms with Crippen LogP contribution in [0.25, 0.3) is 0 Å². The predicted octanol–water partition coefficient (Wildman–Crippen LogP) is 1.26.